The Morgan fingerprint density at radius 2 is 2.43 bits per heavy atom. The van der Waals surface area contributed by atoms with Crippen molar-refractivity contribution in [2.75, 3.05) is 5.32 Å². The number of nitrogens with one attached hydrogen (secondary N) is 2. The molecule has 0 saturated heterocycles. The Morgan fingerprint density at radius 1 is 1.50 bits per heavy atom. The highest BCUT2D eigenvalue weighted by Gasteiger charge is 2.02. The highest BCUT2D eigenvalue weighted by Crippen LogP contribution is 2.15. The molecule has 0 aliphatic rings. The Morgan fingerprint density at radius 3 is 3.14 bits per heavy atom. The van der Waals surface area contributed by atoms with Gasteiger partial charge in [0.2, 0.25) is 0 Å². The smallest absolute Gasteiger partial charge is 0.193 e. The molecule has 0 aliphatic heterocycles. The van der Waals surface area contributed by atoms with E-state index in [0.717, 1.165) is 0 Å². The summed E-state index contributed by atoms with van der Waals surface area (Å²) in [5.41, 5.74) is 0. The van der Waals surface area contributed by atoms with Gasteiger partial charge >= 0.3 is 0 Å². The van der Waals surface area contributed by atoms with Crippen LogP contribution < -0.4 is 5.32 Å². The van der Waals surface area contributed by atoms with Crippen molar-refractivity contribution in [2.24, 2.45) is 0 Å². The van der Waals surface area contributed by atoms with Crippen molar-refractivity contribution in [3.63, 3.8) is 0 Å². The number of rotatable bonds is 3. The fourth-order valence-electron chi connectivity index (χ4n) is 0.863. The van der Waals surface area contributed by atoms with Gasteiger partial charge in [0.1, 0.15) is 17.2 Å². The highest BCUT2D eigenvalue weighted by atomic mass is 35.5. The summed E-state index contributed by atoms with van der Waals surface area (Å²) in [4.78, 5) is 7.69. The van der Waals surface area contributed by atoms with E-state index in [-0.39, 0.29) is 0 Å². The molecule has 0 saturated carbocycles. The highest BCUT2D eigenvalue weighted by molar-refractivity contribution is 6.32. The molecule has 2 heterocycles. The Labute approximate surface area is 83.9 Å². The van der Waals surface area contributed by atoms with Crippen molar-refractivity contribution in [1.82, 2.24) is 30.6 Å². The third-order valence-electron chi connectivity index (χ3n) is 1.47. The van der Waals surface area contributed by atoms with Crippen LogP contribution in [0.4, 0.5) is 5.82 Å². The lowest BCUT2D eigenvalue weighted by atomic mass is 10.5. The van der Waals surface area contributed by atoms with Gasteiger partial charge in [0, 0.05) is 0 Å². The average Bonchev–Trinajstić information content (AvgIpc) is 2.69. The molecule has 0 fully saturated rings. The van der Waals surface area contributed by atoms with Crippen LogP contribution in [0.5, 0.6) is 0 Å². The number of nitrogens with zero attached hydrogens (tertiary/aromatic N) is 5. The lowest BCUT2D eigenvalue weighted by molar-refractivity contribution is 0.881. The van der Waals surface area contributed by atoms with Crippen LogP contribution in [0.2, 0.25) is 5.02 Å². The molecule has 2 N–H and O–H groups in total. The average molecular weight is 212 g/mol. The lowest BCUT2D eigenvalue weighted by Crippen LogP contribution is -2.03. The first-order valence-corrected chi connectivity index (χ1v) is 4.16. The molecule has 2 rings (SSSR count). The molecule has 14 heavy (non-hydrogen) atoms. The van der Waals surface area contributed by atoms with Crippen molar-refractivity contribution in [3.05, 3.63) is 23.4 Å². The lowest BCUT2D eigenvalue weighted by Gasteiger charge is -2.02. The molecule has 8 heteroatoms. The number of anilines is 1. The van der Waals surface area contributed by atoms with Crippen molar-refractivity contribution in [2.45, 2.75) is 6.54 Å². The number of aromatic amines is 1. The first kappa shape index (κ1) is 8.82. The Bertz CT molecular complexity index is 400. The Kier molecular flexibility index (Phi) is 2.50. The van der Waals surface area contributed by atoms with E-state index >= 15 is 0 Å². The van der Waals surface area contributed by atoms with Crippen LogP contribution in [0.1, 0.15) is 5.82 Å². The second-order valence-corrected chi connectivity index (χ2v) is 2.81. The van der Waals surface area contributed by atoms with E-state index in [2.05, 4.69) is 35.9 Å². The van der Waals surface area contributed by atoms with Gasteiger partial charge in [0.25, 0.3) is 0 Å². The van der Waals surface area contributed by atoms with Crippen LogP contribution in [0.25, 0.3) is 0 Å². The standard InChI is InChI=1S/C6H6ClN7/c7-4-1-8-3-10-6(4)9-2-5-11-13-14-12-5/h1,3H,2H2,(H,8,9,10)(H,11,12,13,14). The van der Waals surface area contributed by atoms with E-state index < -0.39 is 0 Å². The summed E-state index contributed by atoms with van der Waals surface area (Å²) in [5.74, 6) is 1.09. The zero-order chi connectivity index (χ0) is 9.80. The van der Waals surface area contributed by atoms with Gasteiger partial charge in [-0.05, 0) is 0 Å². The summed E-state index contributed by atoms with van der Waals surface area (Å²) < 4.78 is 0. The number of aromatic nitrogens is 6. The van der Waals surface area contributed by atoms with E-state index in [9.17, 15) is 0 Å². The molecular formula is C6H6ClN7. The first-order valence-electron chi connectivity index (χ1n) is 3.78. The second kappa shape index (κ2) is 3.97. The summed E-state index contributed by atoms with van der Waals surface area (Å²) in [7, 11) is 0. The molecule has 0 amide bonds. The maximum Gasteiger partial charge on any atom is 0.193 e. The zero-order valence-corrected chi connectivity index (χ0v) is 7.73. The van der Waals surface area contributed by atoms with Crippen LogP contribution in [-0.4, -0.2) is 30.6 Å². The summed E-state index contributed by atoms with van der Waals surface area (Å²) >= 11 is 5.81. The van der Waals surface area contributed by atoms with E-state index in [1.54, 1.807) is 0 Å². The largest absolute Gasteiger partial charge is 0.361 e. The van der Waals surface area contributed by atoms with Gasteiger partial charge in [0.05, 0.1) is 12.7 Å². The second-order valence-electron chi connectivity index (χ2n) is 2.40. The fourth-order valence-corrected chi connectivity index (χ4v) is 1.03. The van der Waals surface area contributed by atoms with Gasteiger partial charge in [-0.1, -0.05) is 16.8 Å². The SMILES string of the molecule is Clc1cncnc1NCc1nn[nH]n1. The summed E-state index contributed by atoms with van der Waals surface area (Å²) in [6.45, 7) is 0.410. The molecule has 2 aromatic rings. The molecule has 0 aromatic carbocycles. The van der Waals surface area contributed by atoms with Gasteiger partial charge < -0.3 is 5.32 Å². The molecular weight excluding hydrogens is 206 g/mol. The third-order valence-corrected chi connectivity index (χ3v) is 1.75. The predicted octanol–water partition coefficient (Wildman–Crippen LogP) is 0.255. The summed E-state index contributed by atoms with van der Waals surface area (Å²) in [6, 6.07) is 0. The monoisotopic (exact) mass is 211 g/mol. The van der Waals surface area contributed by atoms with Gasteiger partial charge in [-0.25, -0.2) is 9.97 Å². The quantitative estimate of drug-likeness (QED) is 0.757. The molecule has 72 valence electrons. The molecule has 0 spiro atoms. The third kappa shape index (κ3) is 1.94. The summed E-state index contributed by atoms with van der Waals surface area (Å²) in [5, 5.41) is 16.7. The number of hydrogen-bond donors (Lipinski definition) is 2. The van der Waals surface area contributed by atoms with Crippen LogP contribution >= 0.6 is 11.6 Å². The van der Waals surface area contributed by atoms with Gasteiger partial charge in [-0.15, -0.1) is 10.2 Å². The molecule has 2 aromatic heterocycles. The van der Waals surface area contributed by atoms with Gasteiger partial charge in [0.15, 0.2) is 5.82 Å². The molecule has 0 bridgehead atoms. The van der Waals surface area contributed by atoms with E-state index in [0.29, 0.717) is 23.2 Å². The van der Waals surface area contributed by atoms with Crippen LogP contribution in [0, 0.1) is 0 Å². The van der Waals surface area contributed by atoms with Gasteiger partial charge in [-0.3, -0.25) is 0 Å². The normalized spacial score (nSPS) is 10.1. The van der Waals surface area contributed by atoms with Crippen LogP contribution in [-0.2, 0) is 6.54 Å². The zero-order valence-electron chi connectivity index (χ0n) is 6.98. The van der Waals surface area contributed by atoms with E-state index in [1.165, 1.54) is 12.5 Å². The van der Waals surface area contributed by atoms with Crippen molar-refractivity contribution in [3.8, 4) is 0 Å². The van der Waals surface area contributed by atoms with E-state index in [4.69, 9.17) is 11.6 Å². The molecule has 0 aliphatic carbocycles. The van der Waals surface area contributed by atoms with Gasteiger partial charge in [-0.2, -0.15) is 5.21 Å². The van der Waals surface area contributed by atoms with Crippen molar-refractivity contribution >= 4 is 17.4 Å². The number of tetrazole rings is 1. The fraction of sp³-hybridized carbons (Fsp3) is 0.167. The summed E-state index contributed by atoms with van der Waals surface area (Å²) in [6.07, 6.45) is 2.91. The Balaban J connectivity index is 2.02. The molecule has 7 nitrogen and oxygen atoms in total. The predicted molar refractivity (Wildman–Crippen MR) is 48.5 cm³/mol. The maximum atomic E-state index is 5.81. The molecule has 0 radical (unpaired) electrons. The minimum absolute atomic E-state index is 0.410. The molecule has 0 unspecified atom stereocenters. The number of halogens is 1. The van der Waals surface area contributed by atoms with Crippen molar-refractivity contribution < 1.29 is 0 Å². The maximum absolute atomic E-state index is 5.81. The minimum atomic E-state index is 0.410. The Hall–Kier alpha value is -1.76. The van der Waals surface area contributed by atoms with Crippen molar-refractivity contribution in [1.29, 1.82) is 0 Å². The topological polar surface area (TPSA) is 92.3 Å². The first-order chi connectivity index (χ1) is 6.86. The van der Waals surface area contributed by atoms with Crippen LogP contribution in [0.15, 0.2) is 12.5 Å². The number of hydrogen-bond acceptors (Lipinski definition) is 6. The minimum Gasteiger partial charge on any atom is -0.361 e. The number of H-pyrrole nitrogens is 1. The van der Waals surface area contributed by atoms with Crippen LogP contribution in [0.3, 0.4) is 0 Å². The molecule has 0 atom stereocenters. The van der Waals surface area contributed by atoms with E-state index in [1.807, 2.05) is 0 Å².